The number of fused-ring (bicyclic) bond motifs is 2. The van der Waals surface area contributed by atoms with E-state index in [1.807, 2.05) is 38.2 Å². The Balaban J connectivity index is 0.000000212. The van der Waals surface area contributed by atoms with Crippen molar-refractivity contribution in [1.29, 1.82) is 10.5 Å². The van der Waals surface area contributed by atoms with Crippen LogP contribution in [0, 0.1) is 36.5 Å². The van der Waals surface area contributed by atoms with Gasteiger partial charge in [-0.25, -0.2) is 0 Å². The van der Waals surface area contributed by atoms with Gasteiger partial charge in [0.15, 0.2) is 0 Å². The number of aliphatic hydroxyl groups excluding tert-OH is 1. The summed E-state index contributed by atoms with van der Waals surface area (Å²) in [6.07, 6.45) is 5.54. The smallest absolute Gasteiger partial charge is 0.0994 e. The van der Waals surface area contributed by atoms with Gasteiger partial charge < -0.3 is 19.4 Å². The van der Waals surface area contributed by atoms with Crippen molar-refractivity contribution in [1.82, 2.24) is 9.55 Å². The number of aryl methyl sites for hydroxylation is 3. The fourth-order valence-corrected chi connectivity index (χ4v) is 4.68. The Kier molecular flexibility index (Phi) is 9.32. The number of hydrogen-bond acceptors (Lipinski definition) is 4. The van der Waals surface area contributed by atoms with E-state index in [4.69, 9.17) is 20.4 Å². The van der Waals surface area contributed by atoms with E-state index >= 15 is 0 Å². The van der Waals surface area contributed by atoms with Gasteiger partial charge in [0.1, 0.15) is 0 Å². The summed E-state index contributed by atoms with van der Waals surface area (Å²) in [5.74, 6) is 0. The number of aromatic nitrogens is 2. The van der Waals surface area contributed by atoms with Crippen molar-refractivity contribution in [2.24, 2.45) is 0 Å². The van der Waals surface area contributed by atoms with Crippen LogP contribution in [0.1, 0.15) is 35.1 Å². The minimum atomic E-state index is 0.176. The highest BCUT2D eigenvalue weighted by atomic mass is 79.9. The molecule has 0 saturated carbocycles. The molecule has 0 aliphatic heterocycles. The Morgan fingerprint density at radius 2 is 1.59 bits per heavy atom. The maximum absolute atomic E-state index is 9.11. The fraction of sp³-hybridized carbons (Fsp3) is 0.308. The topological polar surface area (TPSA) is 97.8 Å². The molecule has 176 valence electrons. The van der Waals surface area contributed by atoms with Gasteiger partial charge in [0.25, 0.3) is 0 Å². The Bertz CT molecular complexity index is 1380. The molecular weight excluding hydrogens is 560 g/mol. The molecule has 2 N–H and O–H groups in total. The zero-order valence-corrected chi connectivity index (χ0v) is 22.3. The van der Waals surface area contributed by atoms with Crippen LogP contribution in [0.15, 0.2) is 45.6 Å². The Hall–Kier alpha value is -2.62. The molecular formula is C26H26Br2N4O2. The number of aromatic amines is 1. The molecule has 0 aliphatic carbocycles. The molecule has 0 fully saturated rings. The molecule has 0 aliphatic rings. The van der Waals surface area contributed by atoms with Crippen molar-refractivity contribution in [2.45, 2.75) is 33.2 Å². The molecule has 0 saturated heterocycles. The van der Waals surface area contributed by atoms with Crippen LogP contribution in [-0.4, -0.2) is 34.5 Å². The number of nitrogens with zero attached hydrogens (tertiary/aromatic N) is 3. The summed E-state index contributed by atoms with van der Waals surface area (Å²) in [7, 11) is 0. The van der Waals surface area contributed by atoms with E-state index in [9.17, 15) is 0 Å². The first-order chi connectivity index (χ1) is 16.4. The average Bonchev–Trinajstić information content (AvgIpc) is 3.33. The van der Waals surface area contributed by atoms with Crippen LogP contribution in [0.3, 0.4) is 0 Å². The molecule has 4 rings (SSSR count). The van der Waals surface area contributed by atoms with Gasteiger partial charge in [-0.3, -0.25) is 0 Å². The number of halogens is 2. The number of benzene rings is 2. The number of H-pyrrole nitrogens is 1. The third kappa shape index (κ3) is 6.08. The average molecular weight is 586 g/mol. The predicted molar refractivity (Wildman–Crippen MR) is 142 cm³/mol. The van der Waals surface area contributed by atoms with E-state index in [1.165, 1.54) is 0 Å². The summed E-state index contributed by atoms with van der Waals surface area (Å²) in [6.45, 7) is 6.24. The second-order valence-corrected chi connectivity index (χ2v) is 9.68. The lowest BCUT2D eigenvalue weighted by molar-refractivity contribution is 0.112. The van der Waals surface area contributed by atoms with Gasteiger partial charge in [-0.2, -0.15) is 10.5 Å². The predicted octanol–water partition coefficient (Wildman–Crippen LogP) is 6.48. The summed E-state index contributed by atoms with van der Waals surface area (Å²) in [4.78, 5) is 3.12. The van der Waals surface area contributed by atoms with E-state index in [-0.39, 0.29) is 6.61 Å². The molecule has 0 spiro atoms. The maximum atomic E-state index is 9.11. The van der Waals surface area contributed by atoms with Crippen LogP contribution in [0.25, 0.3) is 21.8 Å². The lowest BCUT2D eigenvalue weighted by Crippen LogP contribution is -2.03. The van der Waals surface area contributed by atoms with Crippen molar-refractivity contribution in [2.75, 3.05) is 19.8 Å². The second kappa shape index (κ2) is 12.2. The van der Waals surface area contributed by atoms with Gasteiger partial charge in [0, 0.05) is 69.5 Å². The number of nitrogens with one attached hydrogen (secondary N) is 1. The van der Waals surface area contributed by atoms with Gasteiger partial charge in [-0.1, -0.05) is 0 Å². The number of rotatable bonds is 7. The molecule has 2 aromatic heterocycles. The van der Waals surface area contributed by atoms with Gasteiger partial charge in [0.05, 0.1) is 23.3 Å². The van der Waals surface area contributed by atoms with Crippen molar-refractivity contribution in [3.05, 3.63) is 67.9 Å². The van der Waals surface area contributed by atoms with Crippen molar-refractivity contribution >= 4 is 53.7 Å². The molecule has 34 heavy (non-hydrogen) atoms. The van der Waals surface area contributed by atoms with Crippen LogP contribution < -0.4 is 0 Å². The molecule has 0 atom stereocenters. The molecule has 8 heteroatoms. The zero-order chi connectivity index (χ0) is 24.7. The maximum Gasteiger partial charge on any atom is 0.0994 e. The molecule has 0 radical (unpaired) electrons. The van der Waals surface area contributed by atoms with Crippen LogP contribution in [-0.2, 0) is 11.3 Å². The first-order valence-electron chi connectivity index (χ1n) is 10.9. The first-order valence-corrected chi connectivity index (χ1v) is 12.5. The first kappa shape index (κ1) is 26.0. The summed E-state index contributed by atoms with van der Waals surface area (Å²) >= 11 is 6.97. The van der Waals surface area contributed by atoms with Gasteiger partial charge in [-0.05, 0) is 93.9 Å². The Morgan fingerprint density at radius 1 is 0.941 bits per heavy atom. The second-order valence-electron chi connectivity index (χ2n) is 7.97. The SMILES string of the molecule is Cc1cc2[nH]cc(Br)c2cc1C#N.Cc1cc2c(cc1C#N)c(Br)cn2CCCOCCCO. The highest BCUT2D eigenvalue weighted by molar-refractivity contribution is 9.11. The largest absolute Gasteiger partial charge is 0.396 e. The number of nitriles is 2. The molecule has 2 heterocycles. The van der Waals surface area contributed by atoms with E-state index in [1.54, 1.807) is 0 Å². The van der Waals surface area contributed by atoms with Gasteiger partial charge in [0.2, 0.25) is 0 Å². The standard InChI is InChI=1S/C16H19BrN2O2.C10H7BrN2/c1-12-8-16-14(9-13(12)10-18)15(17)11-19(16)4-2-6-21-7-3-5-20;1-6-2-10-8(3-7(6)4-12)9(11)5-13-10/h8-9,11,20H,2-7H2,1H3;2-3,5,13H,1H3. The van der Waals surface area contributed by atoms with E-state index in [0.717, 1.165) is 60.4 Å². The van der Waals surface area contributed by atoms with E-state index < -0.39 is 0 Å². The van der Waals surface area contributed by atoms with Crippen LogP contribution in [0.4, 0.5) is 0 Å². The Labute approximate surface area is 216 Å². The normalized spacial score (nSPS) is 10.7. The highest BCUT2D eigenvalue weighted by Gasteiger charge is 2.10. The van der Waals surface area contributed by atoms with Crippen molar-refractivity contribution in [3.8, 4) is 12.1 Å². The zero-order valence-electron chi connectivity index (χ0n) is 19.2. The van der Waals surface area contributed by atoms with Crippen LogP contribution in [0.2, 0.25) is 0 Å². The third-order valence-corrected chi connectivity index (χ3v) is 6.82. The van der Waals surface area contributed by atoms with Gasteiger partial charge >= 0.3 is 0 Å². The van der Waals surface area contributed by atoms with Crippen LogP contribution >= 0.6 is 31.9 Å². The van der Waals surface area contributed by atoms with Crippen molar-refractivity contribution < 1.29 is 9.84 Å². The highest BCUT2D eigenvalue weighted by Crippen LogP contribution is 2.29. The minimum Gasteiger partial charge on any atom is -0.396 e. The summed E-state index contributed by atoms with van der Waals surface area (Å²) in [6, 6.07) is 12.3. The molecule has 4 aromatic rings. The monoisotopic (exact) mass is 584 g/mol. The lowest BCUT2D eigenvalue weighted by atomic mass is 10.1. The fourth-order valence-electron chi connectivity index (χ4n) is 3.67. The quantitative estimate of drug-likeness (QED) is 0.242. The molecule has 0 amide bonds. The van der Waals surface area contributed by atoms with Crippen LogP contribution in [0.5, 0.6) is 0 Å². The summed E-state index contributed by atoms with van der Waals surface area (Å²) in [5, 5.41) is 28.7. The molecule has 2 aromatic carbocycles. The lowest BCUT2D eigenvalue weighted by Gasteiger charge is -2.07. The van der Waals surface area contributed by atoms with Crippen molar-refractivity contribution in [3.63, 3.8) is 0 Å². The molecule has 0 bridgehead atoms. The number of aliphatic hydroxyl groups is 1. The third-order valence-electron chi connectivity index (χ3n) is 5.53. The number of hydrogen-bond donors (Lipinski definition) is 2. The summed E-state index contributed by atoms with van der Waals surface area (Å²) in [5.41, 5.74) is 5.64. The Morgan fingerprint density at radius 3 is 2.26 bits per heavy atom. The molecule has 0 unspecified atom stereocenters. The van der Waals surface area contributed by atoms with Gasteiger partial charge in [-0.15, -0.1) is 0 Å². The van der Waals surface area contributed by atoms with E-state index in [2.05, 4.69) is 65.8 Å². The number of ether oxygens (including phenoxy) is 1. The summed E-state index contributed by atoms with van der Waals surface area (Å²) < 4.78 is 9.64. The molecule has 6 nitrogen and oxygen atoms in total. The van der Waals surface area contributed by atoms with E-state index in [0.29, 0.717) is 25.2 Å². The minimum absolute atomic E-state index is 0.176.